The zero-order valence-corrected chi connectivity index (χ0v) is 12.3. The Morgan fingerprint density at radius 2 is 1.37 bits per heavy atom. The van der Waals surface area contributed by atoms with Crippen molar-refractivity contribution >= 4 is 11.6 Å². The van der Waals surface area contributed by atoms with Crippen molar-refractivity contribution in [1.82, 2.24) is 9.97 Å². The fourth-order valence-corrected chi connectivity index (χ4v) is 3.80. The van der Waals surface area contributed by atoms with Crippen LogP contribution in [0.4, 0.5) is 0 Å². The fourth-order valence-electron chi connectivity index (χ4n) is 3.60. The van der Waals surface area contributed by atoms with E-state index in [1.807, 2.05) is 6.07 Å². The van der Waals surface area contributed by atoms with Gasteiger partial charge in [-0.05, 0) is 31.7 Å². The van der Waals surface area contributed by atoms with E-state index < -0.39 is 0 Å². The molecule has 19 heavy (non-hydrogen) atoms. The molecule has 0 aromatic carbocycles. The normalized spacial score (nSPS) is 22.6. The Morgan fingerprint density at radius 3 is 2.05 bits per heavy atom. The Balaban J connectivity index is 1.83. The van der Waals surface area contributed by atoms with Gasteiger partial charge >= 0.3 is 0 Å². The average molecular weight is 279 g/mol. The summed E-state index contributed by atoms with van der Waals surface area (Å²) in [6, 6.07) is 2.00. The highest BCUT2D eigenvalue weighted by Gasteiger charge is 2.22. The predicted octanol–water partition coefficient (Wildman–Crippen LogP) is 5.23. The second kappa shape index (κ2) is 6.21. The van der Waals surface area contributed by atoms with Crippen molar-refractivity contribution in [2.24, 2.45) is 0 Å². The molecule has 3 heteroatoms. The Labute approximate surface area is 121 Å². The second-order valence-corrected chi connectivity index (χ2v) is 6.53. The summed E-state index contributed by atoms with van der Waals surface area (Å²) in [5.41, 5.74) is 1.21. The Hall–Kier alpha value is -0.630. The fraction of sp³-hybridized carbons (Fsp3) is 0.750. The van der Waals surface area contributed by atoms with Gasteiger partial charge in [-0.1, -0.05) is 50.1 Å². The van der Waals surface area contributed by atoms with Crippen molar-refractivity contribution in [2.45, 2.75) is 76.0 Å². The molecule has 0 saturated heterocycles. The van der Waals surface area contributed by atoms with Crippen LogP contribution >= 0.6 is 11.6 Å². The monoisotopic (exact) mass is 278 g/mol. The second-order valence-electron chi connectivity index (χ2n) is 6.14. The van der Waals surface area contributed by atoms with Crippen LogP contribution in [0.2, 0.25) is 5.15 Å². The van der Waals surface area contributed by atoms with E-state index in [1.54, 1.807) is 0 Å². The molecule has 2 saturated carbocycles. The molecule has 3 rings (SSSR count). The van der Waals surface area contributed by atoms with E-state index in [0.717, 1.165) is 5.82 Å². The van der Waals surface area contributed by atoms with Crippen LogP contribution in [0.25, 0.3) is 0 Å². The van der Waals surface area contributed by atoms with Crippen molar-refractivity contribution in [1.29, 1.82) is 0 Å². The van der Waals surface area contributed by atoms with E-state index in [4.69, 9.17) is 16.6 Å². The lowest BCUT2D eigenvalue weighted by molar-refractivity contribution is 0.551. The third-order valence-corrected chi connectivity index (χ3v) is 4.92. The van der Waals surface area contributed by atoms with Gasteiger partial charge in [-0.25, -0.2) is 9.97 Å². The van der Waals surface area contributed by atoms with Crippen LogP contribution in [0.1, 0.15) is 87.6 Å². The standard InChI is InChI=1S/C16H23ClN2/c17-15-11-14(12-7-5-6-8-12)18-16(19-15)13-9-3-1-2-4-10-13/h11-13H,1-10H2. The van der Waals surface area contributed by atoms with Gasteiger partial charge in [0, 0.05) is 17.5 Å². The Bertz CT molecular complexity index is 419. The molecule has 0 radical (unpaired) electrons. The smallest absolute Gasteiger partial charge is 0.133 e. The third-order valence-electron chi connectivity index (χ3n) is 4.73. The summed E-state index contributed by atoms with van der Waals surface area (Å²) in [6.07, 6.45) is 13.1. The average Bonchev–Trinajstić information content (AvgIpc) is 2.81. The van der Waals surface area contributed by atoms with Gasteiger partial charge in [0.25, 0.3) is 0 Å². The molecule has 1 aromatic heterocycles. The summed E-state index contributed by atoms with van der Waals surface area (Å²) in [5.74, 6) is 2.20. The quantitative estimate of drug-likeness (QED) is 0.547. The largest absolute Gasteiger partial charge is 0.237 e. The summed E-state index contributed by atoms with van der Waals surface area (Å²) >= 11 is 6.24. The number of hydrogen-bond acceptors (Lipinski definition) is 2. The molecule has 0 bridgehead atoms. The first-order chi connectivity index (χ1) is 9.33. The minimum atomic E-state index is 0.543. The topological polar surface area (TPSA) is 25.8 Å². The molecule has 104 valence electrons. The highest BCUT2D eigenvalue weighted by molar-refractivity contribution is 6.29. The zero-order chi connectivity index (χ0) is 13.1. The number of rotatable bonds is 2. The maximum atomic E-state index is 6.24. The number of aromatic nitrogens is 2. The molecule has 0 unspecified atom stereocenters. The van der Waals surface area contributed by atoms with E-state index in [-0.39, 0.29) is 0 Å². The minimum absolute atomic E-state index is 0.543. The van der Waals surface area contributed by atoms with Crippen LogP contribution in [-0.2, 0) is 0 Å². The number of nitrogens with zero attached hydrogens (tertiary/aromatic N) is 2. The van der Waals surface area contributed by atoms with E-state index >= 15 is 0 Å². The molecule has 2 fully saturated rings. The van der Waals surface area contributed by atoms with Crippen molar-refractivity contribution in [3.63, 3.8) is 0 Å². The van der Waals surface area contributed by atoms with Gasteiger partial charge in [-0.3, -0.25) is 0 Å². The SMILES string of the molecule is Clc1cc(C2CCCC2)nc(C2CCCCCC2)n1. The Morgan fingerprint density at radius 1 is 0.789 bits per heavy atom. The lowest BCUT2D eigenvalue weighted by Gasteiger charge is -2.16. The summed E-state index contributed by atoms with van der Waals surface area (Å²) in [4.78, 5) is 9.41. The predicted molar refractivity (Wildman–Crippen MR) is 78.7 cm³/mol. The molecule has 0 spiro atoms. The highest BCUT2D eigenvalue weighted by atomic mass is 35.5. The van der Waals surface area contributed by atoms with Gasteiger partial charge in [0.1, 0.15) is 11.0 Å². The van der Waals surface area contributed by atoms with Crippen LogP contribution < -0.4 is 0 Å². The van der Waals surface area contributed by atoms with Crippen LogP contribution in [0, 0.1) is 0 Å². The summed E-state index contributed by atoms with van der Waals surface area (Å²) in [5, 5.41) is 0.649. The van der Waals surface area contributed by atoms with E-state index in [1.165, 1.54) is 69.9 Å². The molecule has 0 amide bonds. The van der Waals surface area contributed by atoms with Crippen LogP contribution in [0.3, 0.4) is 0 Å². The van der Waals surface area contributed by atoms with Gasteiger partial charge < -0.3 is 0 Å². The first-order valence-electron chi connectivity index (χ1n) is 7.87. The first kappa shape index (κ1) is 13.4. The van der Waals surface area contributed by atoms with Gasteiger partial charge in [-0.15, -0.1) is 0 Å². The molecule has 2 nitrogen and oxygen atoms in total. The molecule has 1 heterocycles. The maximum Gasteiger partial charge on any atom is 0.133 e. The first-order valence-corrected chi connectivity index (χ1v) is 8.25. The summed E-state index contributed by atoms with van der Waals surface area (Å²) in [6.45, 7) is 0. The maximum absolute atomic E-state index is 6.24. The molecule has 1 aromatic rings. The van der Waals surface area contributed by atoms with Crippen molar-refractivity contribution in [2.75, 3.05) is 0 Å². The van der Waals surface area contributed by atoms with E-state index in [9.17, 15) is 0 Å². The number of halogens is 1. The van der Waals surface area contributed by atoms with Gasteiger partial charge in [0.2, 0.25) is 0 Å². The summed E-state index contributed by atoms with van der Waals surface area (Å²) < 4.78 is 0. The van der Waals surface area contributed by atoms with Crippen LogP contribution in [0.5, 0.6) is 0 Å². The summed E-state index contributed by atoms with van der Waals surface area (Å²) in [7, 11) is 0. The molecular weight excluding hydrogens is 256 g/mol. The van der Waals surface area contributed by atoms with Crippen LogP contribution in [-0.4, -0.2) is 9.97 Å². The lowest BCUT2D eigenvalue weighted by atomic mass is 9.98. The zero-order valence-electron chi connectivity index (χ0n) is 11.6. The van der Waals surface area contributed by atoms with Gasteiger partial charge in [0.15, 0.2) is 0 Å². The Kier molecular flexibility index (Phi) is 4.37. The van der Waals surface area contributed by atoms with E-state index in [0.29, 0.717) is 17.0 Å². The molecule has 0 aliphatic heterocycles. The minimum Gasteiger partial charge on any atom is -0.237 e. The molecule has 0 atom stereocenters. The van der Waals surface area contributed by atoms with E-state index in [2.05, 4.69) is 4.98 Å². The highest BCUT2D eigenvalue weighted by Crippen LogP contribution is 2.36. The lowest BCUT2D eigenvalue weighted by Crippen LogP contribution is -2.08. The molecular formula is C16H23ClN2. The van der Waals surface area contributed by atoms with Crippen molar-refractivity contribution in [3.05, 3.63) is 22.7 Å². The third kappa shape index (κ3) is 3.28. The van der Waals surface area contributed by atoms with Crippen molar-refractivity contribution < 1.29 is 0 Å². The molecule has 2 aliphatic rings. The molecule has 0 N–H and O–H groups in total. The molecule has 2 aliphatic carbocycles. The van der Waals surface area contributed by atoms with Gasteiger partial charge in [0.05, 0.1) is 0 Å². The van der Waals surface area contributed by atoms with Crippen LogP contribution in [0.15, 0.2) is 6.07 Å². The number of hydrogen-bond donors (Lipinski definition) is 0. The van der Waals surface area contributed by atoms with Crippen molar-refractivity contribution in [3.8, 4) is 0 Å². The van der Waals surface area contributed by atoms with Gasteiger partial charge in [-0.2, -0.15) is 0 Å².